The summed E-state index contributed by atoms with van der Waals surface area (Å²) in [4.78, 5) is 36.5. The van der Waals surface area contributed by atoms with Gasteiger partial charge in [0.1, 0.15) is 5.92 Å². The van der Waals surface area contributed by atoms with E-state index < -0.39 is 16.9 Å². The van der Waals surface area contributed by atoms with Crippen LogP contribution in [0, 0.1) is 16.0 Å². The minimum Gasteiger partial charge on any atom is -0.339 e. The first-order chi connectivity index (χ1) is 11.6. The molecular weight excluding hydrogens is 310 g/mol. The lowest BCUT2D eigenvalue weighted by Crippen LogP contribution is -2.31. The van der Waals surface area contributed by atoms with Gasteiger partial charge in [-0.05, 0) is 37.1 Å². The third-order valence-electron chi connectivity index (χ3n) is 4.66. The van der Waals surface area contributed by atoms with E-state index in [4.69, 9.17) is 0 Å². The summed E-state index contributed by atoms with van der Waals surface area (Å²) in [5.74, 6) is -0.855. The summed E-state index contributed by atoms with van der Waals surface area (Å²) in [7, 11) is 0. The van der Waals surface area contributed by atoms with Crippen LogP contribution in [0.25, 0.3) is 0 Å². The monoisotopic (exact) mass is 331 g/mol. The molecule has 2 aliphatic rings. The van der Waals surface area contributed by atoms with Crippen LogP contribution in [-0.4, -0.2) is 40.8 Å². The topological polar surface area (TPSA) is 92.6 Å². The van der Waals surface area contributed by atoms with Gasteiger partial charge in [0.15, 0.2) is 0 Å². The highest BCUT2D eigenvalue weighted by Crippen LogP contribution is 2.34. The number of amides is 2. The Labute approximate surface area is 140 Å². The van der Waals surface area contributed by atoms with Gasteiger partial charge in [-0.1, -0.05) is 12.8 Å². The van der Waals surface area contributed by atoms with Crippen molar-refractivity contribution in [3.05, 3.63) is 39.9 Å². The van der Waals surface area contributed by atoms with E-state index in [1.54, 1.807) is 24.3 Å². The van der Waals surface area contributed by atoms with Gasteiger partial charge in [-0.15, -0.1) is 0 Å². The zero-order valence-electron chi connectivity index (χ0n) is 13.4. The normalized spacial score (nSPS) is 23.2. The number of hydrogen-bond acceptors (Lipinski definition) is 4. The molecule has 128 valence electrons. The summed E-state index contributed by atoms with van der Waals surface area (Å²) in [6.07, 6.45) is 4.71. The smallest absolute Gasteiger partial charge is 0.253 e. The van der Waals surface area contributed by atoms with Gasteiger partial charge in [-0.2, -0.15) is 0 Å². The molecule has 0 radical (unpaired) electrons. The SMILES string of the molecule is O=C(Nc1ccc(C(=O)N2CCCCCC2)cc1)[C@@H]1C[C@@H]1[N+](=O)[O-]. The van der Waals surface area contributed by atoms with Crippen LogP contribution in [0.5, 0.6) is 0 Å². The molecule has 1 aromatic carbocycles. The van der Waals surface area contributed by atoms with Crippen LogP contribution < -0.4 is 5.32 Å². The fourth-order valence-electron chi connectivity index (χ4n) is 3.08. The molecule has 2 fully saturated rings. The quantitative estimate of drug-likeness (QED) is 0.677. The maximum absolute atomic E-state index is 12.5. The highest BCUT2D eigenvalue weighted by molar-refractivity contribution is 5.97. The average Bonchev–Trinajstić information content (AvgIpc) is 3.39. The molecule has 1 heterocycles. The second-order valence-electron chi connectivity index (χ2n) is 6.47. The molecule has 3 rings (SSSR count). The van der Waals surface area contributed by atoms with Crippen LogP contribution in [-0.2, 0) is 4.79 Å². The van der Waals surface area contributed by atoms with E-state index in [0.29, 0.717) is 17.7 Å². The zero-order valence-corrected chi connectivity index (χ0v) is 13.4. The Morgan fingerprint density at radius 1 is 1.08 bits per heavy atom. The van der Waals surface area contributed by atoms with E-state index in [1.807, 2.05) is 4.90 Å². The minimum absolute atomic E-state index is 0.0189. The van der Waals surface area contributed by atoms with Gasteiger partial charge < -0.3 is 10.2 Å². The number of anilines is 1. The molecule has 2 atom stereocenters. The number of hydrogen-bond donors (Lipinski definition) is 1. The Morgan fingerprint density at radius 2 is 1.71 bits per heavy atom. The third kappa shape index (κ3) is 3.72. The van der Waals surface area contributed by atoms with Crippen molar-refractivity contribution >= 4 is 17.5 Å². The highest BCUT2D eigenvalue weighted by atomic mass is 16.6. The Balaban J connectivity index is 1.58. The van der Waals surface area contributed by atoms with Gasteiger partial charge in [-0.25, -0.2) is 0 Å². The zero-order chi connectivity index (χ0) is 17.1. The van der Waals surface area contributed by atoms with Crippen LogP contribution in [0.15, 0.2) is 24.3 Å². The number of carbonyl (C=O) groups is 2. The number of benzene rings is 1. The number of rotatable bonds is 4. The molecule has 1 aromatic rings. The Bertz CT molecular complexity index is 636. The van der Waals surface area contributed by atoms with Gasteiger partial charge in [0.25, 0.3) is 5.91 Å². The van der Waals surface area contributed by atoms with Crippen molar-refractivity contribution in [2.45, 2.75) is 38.1 Å². The second kappa shape index (κ2) is 6.98. The van der Waals surface area contributed by atoms with Gasteiger partial charge >= 0.3 is 0 Å². The molecule has 7 heteroatoms. The summed E-state index contributed by atoms with van der Waals surface area (Å²) >= 11 is 0. The van der Waals surface area contributed by atoms with Gasteiger partial charge in [0.2, 0.25) is 11.9 Å². The van der Waals surface area contributed by atoms with Crippen LogP contribution >= 0.6 is 0 Å². The number of carbonyl (C=O) groups excluding carboxylic acids is 2. The van der Waals surface area contributed by atoms with E-state index in [1.165, 1.54) is 12.8 Å². The predicted molar refractivity (Wildman–Crippen MR) is 88.3 cm³/mol. The standard InChI is InChI=1S/C17H21N3O4/c21-16(14-11-15(14)20(23)24)18-13-7-5-12(6-8-13)17(22)19-9-3-1-2-4-10-19/h5-8,14-15H,1-4,9-11H2,(H,18,21)/t14-,15+/m1/s1. The van der Waals surface area contributed by atoms with E-state index in [2.05, 4.69) is 5.32 Å². The lowest BCUT2D eigenvalue weighted by molar-refractivity contribution is -0.497. The maximum Gasteiger partial charge on any atom is 0.253 e. The number of nitrogens with zero attached hydrogens (tertiary/aromatic N) is 2. The van der Waals surface area contributed by atoms with Crippen molar-refractivity contribution in [3.63, 3.8) is 0 Å². The molecule has 0 aromatic heterocycles. The summed E-state index contributed by atoms with van der Waals surface area (Å²) < 4.78 is 0. The van der Waals surface area contributed by atoms with Crippen molar-refractivity contribution in [2.75, 3.05) is 18.4 Å². The Morgan fingerprint density at radius 3 is 2.25 bits per heavy atom. The average molecular weight is 331 g/mol. The lowest BCUT2D eigenvalue weighted by atomic mass is 10.1. The van der Waals surface area contributed by atoms with Gasteiger partial charge in [0.05, 0.1) is 0 Å². The van der Waals surface area contributed by atoms with Crippen molar-refractivity contribution in [3.8, 4) is 0 Å². The minimum atomic E-state index is -0.756. The number of nitrogens with one attached hydrogen (secondary N) is 1. The van der Waals surface area contributed by atoms with Gasteiger partial charge in [-0.3, -0.25) is 19.7 Å². The molecule has 1 N–H and O–H groups in total. The fourth-order valence-corrected chi connectivity index (χ4v) is 3.08. The van der Waals surface area contributed by atoms with Gasteiger partial charge in [0, 0.05) is 35.7 Å². The van der Waals surface area contributed by atoms with Crippen molar-refractivity contribution in [1.82, 2.24) is 4.90 Å². The first kappa shape index (κ1) is 16.4. The van der Waals surface area contributed by atoms with Crippen LogP contribution in [0.3, 0.4) is 0 Å². The second-order valence-corrected chi connectivity index (χ2v) is 6.47. The molecule has 1 aliphatic heterocycles. The largest absolute Gasteiger partial charge is 0.339 e. The molecule has 0 unspecified atom stereocenters. The van der Waals surface area contributed by atoms with E-state index in [9.17, 15) is 19.7 Å². The maximum atomic E-state index is 12.5. The molecule has 1 saturated heterocycles. The molecule has 24 heavy (non-hydrogen) atoms. The lowest BCUT2D eigenvalue weighted by Gasteiger charge is -2.20. The molecule has 2 amide bonds. The Hall–Kier alpha value is -2.44. The predicted octanol–water partition coefficient (Wildman–Crippen LogP) is 2.31. The first-order valence-corrected chi connectivity index (χ1v) is 8.40. The fraction of sp³-hybridized carbons (Fsp3) is 0.529. The van der Waals surface area contributed by atoms with Crippen LogP contribution in [0.2, 0.25) is 0 Å². The summed E-state index contributed by atoms with van der Waals surface area (Å²) in [5, 5.41) is 13.3. The summed E-state index contributed by atoms with van der Waals surface area (Å²) in [5.41, 5.74) is 1.16. The number of likely N-dealkylation sites (tertiary alicyclic amines) is 1. The molecule has 0 spiro atoms. The third-order valence-corrected chi connectivity index (χ3v) is 4.66. The molecule has 7 nitrogen and oxygen atoms in total. The van der Waals surface area contributed by atoms with Crippen LogP contribution in [0.4, 0.5) is 5.69 Å². The first-order valence-electron chi connectivity index (χ1n) is 8.40. The van der Waals surface area contributed by atoms with E-state index >= 15 is 0 Å². The molecule has 1 saturated carbocycles. The van der Waals surface area contributed by atoms with E-state index in [-0.39, 0.29) is 11.8 Å². The summed E-state index contributed by atoms with van der Waals surface area (Å²) in [6, 6.07) is 5.98. The van der Waals surface area contributed by atoms with Crippen molar-refractivity contribution in [1.29, 1.82) is 0 Å². The van der Waals surface area contributed by atoms with Crippen molar-refractivity contribution < 1.29 is 14.5 Å². The van der Waals surface area contributed by atoms with Crippen molar-refractivity contribution in [2.24, 2.45) is 5.92 Å². The van der Waals surface area contributed by atoms with E-state index in [0.717, 1.165) is 25.9 Å². The summed E-state index contributed by atoms with van der Waals surface area (Å²) in [6.45, 7) is 1.59. The molecular formula is C17H21N3O4. The highest BCUT2D eigenvalue weighted by Gasteiger charge is 2.53. The Kier molecular flexibility index (Phi) is 4.78. The molecule has 1 aliphatic carbocycles. The number of nitro groups is 1. The van der Waals surface area contributed by atoms with Crippen LogP contribution in [0.1, 0.15) is 42.5 Å². The molecule has 0 bridgehead atoms.